The first-order valence-electron chi connectivity index (χ1n) is 13.9. The normalized spacial score (nSPS) is 17.6. The lowest BCUT2D eigenvalue weighted by Gasteiger charge is -2.32. The van der Waals surface area contributed by atoms with Crippen molar-refractivity contribution in [1.82, 2.24) is 15.2 Å². The third kappa shape index (κ3) is 6.40. The van der Waals surface area contributed by atoms with Gasteiger partial charge in [0, 0.05) is 46.5 Å². The quantitative estimate of drug-likeness (QED) is 0.194. The number of carbonyl (C=O) groups is 1. The molecule has 3 N–H and O–H groups in total. The standard InChI is InChI=1S/C32H36ClN5O/c1-2-3-29(34)24-14-18-38(19-15-24)17-13-22-4-10-26(11-5-22)37-32-31-27(12-16-35-32)28(20-36-30(31)21-39)23-6-8-25(33)9-7-23/h4-12,16,20-21,24,30,34,36H,2-3,13-15,17-19H2,1H3,(H,35,37). The van der Waals surface area contributed by atoms with Crippen molar-refractivity contribution in [1.29, 1.82) is 5.41 Å². The number of anilines is 2. The Hall–Kier alpha value is -3.48. The summed E-state index contributed by atoms with van der Waals surface area (Å²) in [5, 5.41) is 15.6. The van der Waals surface area contributed by atoms with Gasteiger partial charge >= 0.3 is 0 Å². The van der Waals surface area contributed by atoms with Crippen LogP contribution in [0.15, 0.2) is 67.0 Å². The van der Waals surface area contributed by atoms with Gasteiger partial charge in [-0.1, -0.05) is 49.2 Å². The maximum atomic E-state index is 12.0. The number of nitrogens with zero attached hydrogens (tertiary/aromatic N) is 2. The summed E-state index contributed by atoms with van der Waals surface area (Å²) in [5.74, 6) is 1.15. The topological polar surface area (TPSA) is 81.1 Å². The average molecular weight is 542 g/mol. The van der Waals surface area contributed by atoms with Crippen molar-refractivity contribution in [2.24, 2.45) is 5.92 Å². The van der Waals surface area contributed by atoms with Crippen LogP contribution >= 0.6 is 11.6 Å². The highest BCUT2D eigenvalue weighted by atomic mass is 35.5. The van der Waals surface area contributed by atoms with Crippen LogP contribution in [0.1, 0.15) is 60.9 Å². The molecule has 2 aromatic carbocycles. The van der Waals surface area contributed by atoms with Gasteiger partial charge in [0.2, 0.25) is 0 Å². The first-order chi connectivity index (χ1) is 19.1. The molecule has 0 aliphatic carbocycles. The zero-order valence-corrected chi connectivity index (χ0v) is 23.2. The van der Waals surface area contributed by atoms with Crippen molar-refractivity contribution in [3.8, 4) is 0 Å². The number of rotatable bonds is 10. The molecule has 3 aromatic rings. The molecule has 39 heavy (non-hydrogen) atoms. The smallest absolute Gasteiger partial charge is 0.146 e. The van der Waals surface area contributed by atoms with E-state index in [0.717, 1.165) is 91.7 Å². The van der Waals surface area contributed by atoms with E-state index in [2.05, 4.69) is 51.7 Å². The molecule has 1 saturated heterocycles. The second-order valence-corrected chi connectivity index (χ2v) is 10.9. The number of fused-ring (bicyclic) bond motifs is 1. The first-order valence-corrected chi connectivity index (χ1v) is 14.3. The number of hydrogen-bond acceptors (Lipinski definition) is 6. The minimum atomic E-state index is -0.485. The van der Waals surface area contributed by atoms with E-state index in [1.165, 1.54) is 5.56 Å². The van der Waals surface area contributed by atoms with Gasteiger partial charge in [0.25, 0.3) is 0 Å². The predicted molar refractivity (Wildman–Crippen MR) is 160 cm³/mol. The summed E-state index contributed by atoms with van der Waals surface area (Å²) in [6, 6.07) is 17.6. The van der Waals surface area contributed by atoms with Crippen LogP contribution < -0.4 is 10.6 Å². The number of aldehydes is 1. The van der Waals surface area contributed by atoms with E-state index in [1.54, 1.807) is 6.20 Å². The predicted octanol–water partition coefficient (Wildman–Crippen LogP) is 6.79. The van der Waals surface area contributed by atoms with Crippen LogP contribution in [0.4, 0.5) is 11.5 Å². The molecule has 6 nitrogen and oxygen atoms in total. The van der Waals surface area contributed by atoms with Crippen molar-refractivity contribution in [2.75, 3.05) is 25.0 Å². The minimum Gasteiger partial charge on any atom is -0.377 e. The van der Waals surface area contributed by atoms with Gasteiger partial charge in [-0.05, 0) is 91.7 Å². The molecule has 0 bridgehead atoms. The van der Waals surface area contributed by atoms with Crippen molar-refractivity contribution in [3.05, 3.63) is 94.3 Å². The zero-order valence-electron chi connectivity index (χ0n) is 22.4. The number of aromatic nitrogens is 1. The van der Waals surface area contributed by atoms with E-state index < -0.39 is 6.04 Å². The number of pyridine rings is 1. The fraction of sp³-hybridized carbons (Fsp3) is 0.344. The number of halogens is 1. The van der Waals surface area contributed by atoms with Gasteiger partial charge < -0.3 is 25.7 Å². The number of carbonyl (C=O) groups excluding carboxylic acids is 1. The number of nitrogens with one attached hydrogen (secondary N) is 3. The summed E-state index contributed by atoms with van der Waals surface area (Å²) in [7, 11) is 0. The second-order valence-electron chi connectivity index (χ2n) is 10.4. The summed E-state index contributed by atoms with van der Waals surface area (Å²) < 4.78 is 0. The van der Waals surface area contributed by atoms with Gasteiger partial charge in [0.05, 0.1) is 0 Å². The van der Waals surface area contributed by atoms with Crippen molar-refractivity contribution in [3.63, 3.8) is 0 Å². The van der Waals surface area contributed by atoms with Gasteiger partial charge in [0.15, 0.2) is 0 Å². The summed E-state index contributed by atoms with van der Waals surface area (Å²) in [6.45, 7) is 5.36. The van der Waals surface area contributed by atoms with E-state index >= 15 is 0 Å². The third-order valence-electron chi connectivity index (χ3n) is 7.82. The van der Waals surface area contributed by atoms with Crippen molar-refractivity contribution < 1.29 is 4.79 Å². The fourth-order valence-electron chi connectivity index (χ4n) is 5.59. The molecule has 1 atom stereocenters. The van der Waals surface area contributed by atoms with Crippen molar-refractivity contribution >= 4 is 40.7 Å². The van der Waals surface area contributed by atoms with Crippen LogP contribution in [0, 0.1) is 11.3 Å². The highest BCUT2D eigenvalue weighted by molar-refractivity contribution is 6.30. The first kappa shape index (κ1) is 27.1. The van der Waals surface area contributed by atoms with Gasteiger partial charge in [-0.15, -0.1) is 0 Å². The maximum absolute atomic E-state index is 12.0. The Kier molecular flexibility index (Phi) is 8.74. The van der Waals surface area contributed by atoms with E-state index in [0.29, 0.717) is 16.8 Å². The van der Waals surface area contributed by atoms with Gasteiger partial charge in [0.1, 0.15) is 18.1 Å². The number of hydrogen-bond donors (Lipinski definition) is 3. The number of benzene rings is 2. The number of piperidine rings is 1. The SMILES string of the molecule is CCCC(=N)C1CCN(CCc2ccc(Nc3nccc4c3C(C=O)NC=C4c3ccc(Cl)cc3)cc2)CC1. The summed E-state index contributed by atoms with van der Waals surface area (Å²) >= 11 is 6.10. The zero-order chi connectivity index (χ0) is 27.2. The fourth-order valence-corrected chi connectivity index (χ4v) is 5.72. The highest BCUT2D eigenvalue weighted by Crippen LogP contribution is 2.37. The molecule has 5 rings (SSSR count). The lowest BCUT2D eigenvalue weighted by atomic mass is 9.89. The minimum absolute atomic E-state index is 0.482. The Balaban J connectivity index is 1.24. The van der Waals surface area contributed by atoms with Crippen LogP contribution in [0.25, 0.3) is 5.57 Å². The van der Waals surface area contributed by atoms with Crippen LogP contribution in [-0.2, 0) is 11.2 Å². The molecule has 202 valence electrons. The van der Waals surface area contributed by atoms with Gasteiger partial charge in [-0.3, -0.25) is 0 Å². The molecule has 0 amide bonds. The maximum Gasteiger partial charge on any atom is 0.146 e. The molecule has 2 aliphatic heterocycles. The van der Waals surface area contributed by atoms with E-state index in [4.69, 9.17) is 17.0 Å². The Morgan fingerprint density at radius 3 is 2.56 bits per heavy atom. The Bertz CT molecular complexity index is 1330. The van der Waals surface area contributed by atoms with Crippen LogP contribution in [0.2, 0.25) is 5.02 Å². The van der Waals surface area contributed by atoms with Crippen LogP contribution in [-0.4, -0.2) is 41.5 Å². The monoisotopic (exact) mass is 541 g/mol. The molecule has 1 unspecified atom stereocenters. The molecule has 3 heterocycles. The van der Waals surface area contributed by atoms with E-state index in [1.807, 2.05) is 36.5 Å². The van der Waals surface area contributed by atoms with Gasteiger partial charge in [-0.25, -0.2) is 4.98 Å². The van der Waals surface area contributed by atoms with Crippen LogP contribution in [0.5, 0.6) is 0 Å². The highest BCUT2D eigenvalue weighted by Gasteiger charge is 2.26. The molecular formula is C32H36ClN5O. The second kappa shape index (κ2) is 12.6. The summed E-state index contributed by atoms with van der Waals surface area (Å²) in [6.07, 6.45) is 9.83. The Morgan fingerprint density at radius 1 is 1.13 bits per heavy atom. The molecule has 0 spiro atoms. The van der Waals surface area contributed by atoms with Crippen molar-refractivity contribution in [2.45, 2.75) is 45.1 Å². The van der Waals surface area contributed by atoms with E-state index in [-0.39, 0.29) is 0 Å². The van der Waals surface area contributed by atoms with Crippen LogP contribution in [0.3, 0.4) is 0 Å². The molecule has 0 radical (unpaired) electrons. The Labute approximate surface area is 236 Å². The molecular weight excluding hydrogens is 506 g/mol. The Morgan fingerprint density at radius 2 is 1.87 bits per heavy atom. The lowest BCUT2D eigenvalue weighted by molar-refractivity contribution is -0.109. The number of likely N-dealkylation sites (tertiary alicyclic amines) is 1. The lowest BCUT2D eigenvalue weighted by Crippen LogP contribution is -2.37. The van der Waals surface area contributed by atoms with Gasteiger partial charge in [-0.2, -0.15) is 0 Å². The summed E-state index contributed by atoms with van der Waals surface area (Å²) in [4.78, 5) is 19.1. The van der Waals surface area contributed by atoms with E-state index in [9.17, 15) is 4.79 Å². The third-order valence-corrected chi connectivity index (χ3v) is 8.07. The summed E-state index contributed by atoms with van der Waals surface area (Å²) in [5.41, 5.74) is 6.98. The largest absolute Gasteiger partial charge is 0.377 e. The molecule has 1 aromatic heterocycles. The molecule has 7 heteroatoms. The molecule has 1 fully saturated rings. The average Bonchev–Trinajstić information content (AvgIpc) is 2.97. The molecule has 0 saturated carbocycles. The molecule has 2 aliphatic rings.